The number of rotatable bonds is 6. The van der Waals surface area contributed by atoms with Crippen LogP contribution in [0.3, 0.4) is 0 Å². The molecule has 0 atom stereocenters. The van der Waals surface area contributed by atoms with Crippen LogP contribution < -0.4 is 5.73 Å². The fourth-order valence-electron chi connectivity index (χ4n) is 1.26. The van der Waals surface area contributed by atoms with E-state index in [-0.39, 0.29) is 0 Å². The van der Waals surface area contributed by atoms with Crippen LogP contribution in [0.25, 0.3) is 0 Å². The van der Waals surface area contributed by atoms with Gasteiger partial charge in [0.2, 0.25) is 0 Å². The quantitative estimate of drug-likeness (QED) is 0.819. The Morgan fingerprint density at radius 1 is 1.67 bits per heavy atom. The zero-order valence-corrected chi connectivity index (χ0v) is 11.9. The third kappa shape index (κ3) is 4.59. The number of thiophene rings is 1. The molecule has 1 rings (SSSR count). The highest BCUT2D eigenvalue weighted by molar-refractivity contribution is 9.10. The molecule has 0 amide bonds. The van der Waals surface area contributed by atoms with Gasteiger partial charge in [0.1, 0.15) is 0 Å². The summed E-state index contributed by atoms with van der Waals surface area (Å²) >= 11 is 10.2. The molecule has 0 saturated carbocycles. The van der Waals surface area contributed by atoms with E-state index in [1.54, 1.807) is 11.3 Å². The second kappa shape index (κ2) is 6.58. The van der Waals surface area contributed by atoms with Gasteiger partial charge in [-0.25, -0.2) is 0 Å². The van der Waals surface area contributed by atoms with Crippen LogP contribution in [0.2, 0.25) is 0 Å². The average molecular weight is 307 g/mol. The largest absolute Gasteiger partial charge is 0.393 e. The molecule has 0 spiro atoms. The van der Waals surface area contributed by atoms with Gasteiger partial charge < -0.3 is 5.73 Å². The fourth-order valence-corrected chi connectivity index (χ4v) is 2.87. The molecule has 0 bridgehead atoms. The molecular formula is C10H15BrN2S2. The lowest BCUT2D eigenvalue weighted by molar-refractivity contribution is 0.291. The molecule has 0 aliphatic carbocycles. The first-order chi connectivity index (χ1) is 7.13. The van der Waals surface area contributed by atoms with Crippen molar-refractivity contribution in [2.24, 2.45) is 5.73 Å². The predicted octanol–water partition coefficient (Wildman–Crippen LogP) is 3.01. The molecule has 0 aliphatic heterocycles. The summed E-state index contributed by atoms with van der Waals surface area (Å²) in [5, 5.41) is 2.10. The molecule has 0 fully saturated rings. The van der Waals surface area contributed by atoms with Crippen LogP contribution in [0.15, 0.2) is 15.9 Å². The van der Waals surface area contributed by atoms with Crippen LogP contribution in [-0.2, 0) is 6.54 Å². The van der Waals surface area contributed by atoms with Crippen LogP contribution >= 0.6 is 39.5 Å². The van der Waals surface area contributed by atoms with E-state index in [4.69, 9.17) is 18.0 Å². The summed E-state index contributed by atoms with van der Waals surface area (Å²) in [7, 11) is 0. The fraction of sp³-hybridized carbons (Fsp3) is 0.500. The number of halogens is 1. The van der Waals surface area contributed by atoms with Crippen molar-refractivity contribution < 1.29 is 0 Å². The maximum absolute atomic E-state index is 5.50. The van der Waals surface area contributed by atoms with Crippen molar-refractivity contribution in [3.8, 4) is 0 Å². The maximum Gasteiger partial charge on any atom is 0.0740 e. The number of thiocarbonyl (C=S) groups is 1. The van der Waals surface area contributed by atoms with Gasteiger partial charge in [0, 0.05) is 28.9 Å². The Morgan fingerprint density at radius 3 is 2.87 bits per heavy atom. The molecule has 2 nitrogen and oxygen atoms in total. The lowest BCUT2D eigenvalue weighted by atomic mass is 10.3. The first-order valence-electron chi connectivity index (χ1n) is 4.86. The highest BCUT2D eigenvalue weighted by atomic mass is 79.9. The smallest absolute Gasteiger partial charge is 0.0740 e. The standard InChI is InChI=1S/C10H15BrN2S2/c1-2-13(5-3-10(12)14)7-9-8(11)4-6-15-9/h4,6H,2-3,5,7H2,1H3,(H2,12,14). The Hall–Kier alpha value is 0.0300. The van der Waals surface area contributed by atoms with E-state index in [0.717, 1.165) is 26.1 Å². The highest BCUT2D eigenvalue weighted by Crippen LogP contribution is 2.24. The van der Waals surface area contributed by atoms with E-state index in [1.807, 2.05) is 0 Å². The van der Waals surface area contributed by atoms with E-state index in [9.17, 15) is 0 Å². The van der Waals surface area contributed by atoms with Gasteiger partial charge in [-0.2, -0.15) is 0 Å². The van der Waals surface area contributed by atoms with Crippen LogP contribution in [0.5, 0.6) is 0 Å². The minimum Gasteiger partial charge on any atom is -0.393 e. The monoisotopic (exact) mass is 306 g/mol. The first kappa shape index (κ1) is 13.1. The van der Waals surface area contributed by atoms with Crippen molar-refractivity contribution in [2.45, 2.75) is 19.9 Å². The topological polar surface area (TPSA) is 29.3 Å². The van der Waals surface area contributed by atoms with Crippen molar-refractivity contribution in [3.63, 3.8) is 0 Å². The summed E-state index contributed by atoms with van der Waals surface area (Å²) in [4.78, 5) is 4.30. The second-order valence-electron chi connectivity index (χ2n) is 3.28. The molecule has 0 radical (unpaired) electrons. The zero-order chi connectivity index (χ0) is 11.3. The average Bonchev–Trinajstić information content (AvgIpc) is 2.58. The maximum atomic E-state index is 5.50. The van der Waals surface area contributed by atoms with E-state index in [2.05, 4.69) is 39.2 Å². The van der Waals surface area contributed by atoms with E-state index < -0.39 is 0 Å². The number of hydrogen-bond acceptors (Lipinski definition) is 3. The molecule has 0 unspecified atom stereocenters. The Kier molecular flexibility index (Phi) is 5.74. The van der Waals surface area contributed by atoms with Crippen LogP contribution in [-0.4, -0.2) is 23.0 Å². The molecule has 0 aromatic carbocycles. The summed E-state index contributed by atoms with van der Waals surface area (Å²) in [6, 6.07) is 2.08. The van der Waals surface area contributed by atoms with Gasteiger partial charge in [-0.1, -0.05) is 19.1 Å². The van der Waals surface area contributed by atoms with Crippen molar-refractivity contribution in [2.75, 3.05) is 13.1 Å². The SMILES string of the molecule is CCN(CCC(N)=S)Cc1sccc1Br. The Bertz CT molecular complexity index is 325. The van der Waals surface area contributed by atoms with Crippen LogP contribution in [0.4, 0.5) is 0 Å². The zero-order valence-electron chi connectivity index (χ0n) is 8.70. The summed E-state index contributed by atoms with van der Waals surface area (Å²) < 4.78 is 1.20. The molecular weight excluding hydrogens is 292 g/mol. The molecule has 1 aromatic rings. The van der Waals surface area contributed by atoms with Gasteiger partial charge in [0.05, 0.1) is 4.99 Å². The van der Waals surface area contributed by atoms with Gasteiger partial charge in [-0.05, 0) is 33.9 Å². The van der Waals surface area contributed by atoms with Gasteiger partial charge in [0.15, 0.2) is 0 Å². The molecule has 5 heteroatoms. The molecule has 1 heterocycles. The molecule has 1 aromatic heterocycles. The van der Waals surface area contributed by atoms with E-state index in [1.165, 1.54) is 9.35 Å². The summed E-state index contributed by atoms with van der Waals surface area (Å²) in [5.74, 6) is 0. The normalized spacial score (nSPS) is 10.9. The number of nitrogens with zero attached hydrogens (tertiary/aromatic N) is 1. The lowest BCUT2D eigenvalue weighted by Crippen LogP contribution is -2.26. The third-order valence-corrected chi connectivity index (χ3v) is 4.30. The second-order valence-corrected chi connectivity index (χ2v) is 5.66. The Balaban J connectivity index is 2.47. The van der Waals surface area contributed by atoms with Crippen LogP contribution in [0.1, 0.15) is 18.2 Å². The number of nitrogens with two attached hydrogens (primary N) is 1. The molecule has 0 saturated heterocycles. The first-order valence-corrected chi connectivity index (χ1v) is 6.94. The lowest BCUT2D eigenvalue weighted by Gasteiger charge is -2.19. The van der Waals surface area contributed by atoms with Crippen molar-refractivity contribution in [1.29, 1.82) is 0 Å². The summed E-state index contributed by atoms with van der Waals surface area (Å²) in [6.07, 6.45) is 0.798. The highest BCUT2D eigenvalue weighted by Gasteiger charge is 2.07. The summed E-state index contributed by atoms with van der Waals surface area (Å²) in [5.41, 5.74) is 5.50. The van der Waals surface area contributed by atoms with Crippen molar-refractivity contribution in [1.82, 2.24) is 4.90 Å². The number of hydrogen-bond donors (Lipinski definition) is 1. The Labute approximate surface area is 109 Å². The predicted molar refractivity (Wildman–Crippen MR) is 74.4 cm³/mol. The van der Waals surface area contributed by atoms with Gasteiger partial charge in [0.25, 0.3) is 0 Å². The molecule has 84 valence electrons. The van der Waals surface area contributed by atoms with Crippen molar-refractivity contribution in [3.05, 3.63) is 20.8 Å². The molecule has 0 aliphatic rings. The van der Waals surface area contributed by atoms with Gasteiger partial charge in [-0.3, -0.25) is 4.90 Å². The van der Waals surface area contributed by atoms with Gasteiger partial charge >= 0.3 is 0 Å². The third-order valence-electron chi connectivity index (χ3n) is 2.18. The van der Waals surface area contributed by atoms with Crippen LogP contribution in [0, 0.1) is 0 Å². The Morgan fingerprint density at radius 2 is 2.40 bits per heavy atom. The van der Waals surface area contributed by atoms with Crippen molar-refractivity contribution >= 4 is 44.5 Å². The molecule has 15 heavy (non-hydrogen) atoms. The minimum atomic E-state index is 0.596. The van der Waals surface area contributed by atoms with E-state index in [0.29, 0.717) is 4.99 Å². The minimum absolute atomic E-state index is 0.596. The molecule has 2 N–H and O–H groups in total. The van der Waals surface area contributed by atoms with E-state index >= 15 is 0 Å². The summed E-state index contributed by atoms with van der Waals surface area (Å²) in [6.45, 7) is 5.08. The van der Waals surface area contributed by atoms with Gasteiger partial charge in [-0.15, -0.1) is 11.3 Å².